The number of likely N-dealkylation sites (N-methyl/N-ethyl adjacent to an activating group) is 1. The second kappa shape index (κ2) is 8.64. The van der Waals surface area contributed by atoms with Crippen LogP contribution in [-0.4, -0.2) is 32.0 Å². The predicted molar refractivity (Wildman–Crippen MR) is 88.0 cm³/mol. The number of halogens is 1. The van der Waals surface area contributed by atoms with E-state index in [0.29, 0.717) is 24.3 Å². The lowest BCUT2D eigenvalue weighted by Gasteiger charge is -2.19. The van der Waals surface area contributed by atoms with Crippen LogP contribution in [-0.2, 0) is 4.79 Å². The van der Waals surface area contributed by atoms with Crippen molar-refractivity contribution >= 4 is 29.9 Å². The third-order valence-corrected chi connectivity index (χ3v) is 2.76. The van der Waals surface area contributed by atoms with Gasteiger partial charge >= 0.3 is 0 Å². The van der Waals surface area contributed by atoms with Crippen molar-refractivity contribution < 1.29 is 9.59 Å². The fourth-order valence-electron chi connectivity index (χ4n) is 1.50. The van der Waals surface area contributed by atoms with E-state index in [1.807, 2.05) is 27.8 Å². The smallest absolute Gasteiger partial charge is 0.253 e. The zero-order valence-electron chi connectivity index (χ0n) is 12.9. The first-order chi connectivity index (χ1) is 9.36. The van der Waals surface area contributed by atoms with Crippen LogP contribution in [0.5, 0.6) is 0 Å². The lowest BCUT2D eigenvalue weighted by Crippen LogP contribution is -2.32. The molecule has 0 radical (unpaired) electrons. The summed E-state index contributed by atoms with van der Waals surface area (Å²) >= 11 is 0. The van der Waals surface area contributed by atoms with Gasteiger partial charge in [0, 0.05) is 18.5 Å². The van der Waals surface area contributed by atoms with Crippen LogP contribution in [0.25, 0.3) is 0 Å². The zero-order valence-corrected chi connectivity index (χ0v) is 13.8. The van der Waals surface area contributed by atoms with Gasteiger partial charge in [-0.2, -0.15) is 0 Å². The molecule has 21 heavy (non-hydrogen) atoms. The molecule has 0 bridgehead atoms. The van der Waals surface area contributed by atoms with Gasteiger partial charge in [-0.3, -0.25) is 9.59 Å². The molecule has 6 heteroatoms. The highest BCUT2D eigenvalue weighted by atomic mass is 35.5. The Labute approximate surface area is 132 Å². The van der Waals surface area contributed by atoms with E-state index in [9.17, 15) is 9.59 Å². The Bertz CT molecular complexity index is 484. The van der Waals surface area contributed by atoms with Crippen LogP contribution < -0.4 is 16.0 Å². The Morgan fingerprint density at radius 2 is 1.71 bits per heavy atom. The molecule has 118 valence electrons. The summed E-state index contributed by atoms with van der Waals surface area (Å²) in [7, 11) is 1.82. The lowest BCUT2D eigenvalue weighted by atomic mass is 9.95. The number of rotatable bonds is 5. The Hall–Kier alpha value is -1.59. The number of amides is 2. The molecule has 0 spiro atoms. The Morgan fingerprint density at radius 1 is 1.10 bits per heavy atom. The van der Waals surface area contributed by atoms with E-state index >= 15 is 0 Å². The fourth-order valence-corrected chi connectivity index (χ4v) is 1.50. The van der Waals surface area contributed by atoms with Gasteiger partial charge in [-0.15, -0.1) is 12.4 Å². The van der Waals surface area contributed by atoms with Gasteiger partial charge in [0.25, 0.3) is 5.91 Å². The highest BCUT2D eigenvalue weighted by Gasteiger charge is 2.22. The number of carbonyl (C=O) groups is 2. The van der Waals surface area contributed by atoms with Crippen molar-refractivity contribution in [3.8, 4) is 0 Å². The molecule has 0 aromatic heterocycles. The molecule has 0 saturated heterocycles. The van der Waals surface area contributed by atoms with Gasteiger partial charge in [0.15, 0.2) is 0 Å². The molecule has 0 saturated carbocycles. The normalized spacial score (nSPS) is 10.5. The lowest BCUT2D eigenvalue weighted by molar-refractivity contribution is -0.123. The first-order valence-electron chi connectivity index (χ1n) is 6.69. The van der Waals surface area contributed by atoms with E-state index in [4.69, 9.17) is 0 Å². The summed E-state index contributed by atoms with van der Waals surface area (Å²) in [5.41, 5.74) is 0.506. The van der Waals surface area contributed by atoms with Gasteiger partial charge in [0.05, 0.1) is 11.3 Å². The minimum Gasteiger partial charge on any atom is -0.351 e. The topological polar surface area (TPSA) is 70.2 Å². The number of para-hydroxylation sites is 1. The van der Waals surface area contributed by atoms with Crippen LogP contribution in [0.4, 0.5) is 5.69 Å². The van der Waals surface area contributed by atoms with Crippen molar-refractivity contribution in [3.63, 3.8) is 0 Å². The van der Waals surface area contributed by atoms with Gasteiger partial charge in [-0.25, -0.2) is 0 Å². The summed E-state index contributed by atoms with van der Waals surface area (Å²) in [6.07, 6.45) is 0. The van der Waals surface area contributed by atoms with Gasteiger partial charge in [0.1, 0.15) is 0 Å². The summed E-state index contributed by atoms with van der Waals surface area (Å²) in [5, 5.41) is 8.56. The molecule has 1 aromatic rings. The highest BCUT2D eigenvalue weighted by Crippen LogP contribution is 2.20. The minimum absolute atomic E-state index is 0. The first kappa shape index (κ1) is 19.4. The minimum atomic E-state index is -0.504. The number of anilines is 1. The van der Waals surface area contributed by atoms with E-state index in [-0.39, 0.29) is 24.2 Å². The summed E-state index contributed by atoms with van der Waals surface area (Å²) in [5.74, 6) is -0.307. The van der Waals surface area contributed by atoms with Crippen molar-refractivity contribution in [2.24, 2.45) is 5.41 Å². The van der Waals surface area contributed by atoms with Crippen LogP contribution in [0, 0.1) is 5.41 Å². The zero-order chi connectivity index (χ0) is 15.2. The molecule has 2 amide bonds. The summed E-state index contributed by atoms with van der Waals surface area (Å²) in [6.45, 7) is 6.73. The van der Waals surface area contributed by atoms with Crippen molar-refractivity contribution in [1.82, 2.24) is 10.6 Å². The molecule has 3 N–H and O–H groups in total. The van der Waals surface area contributed by atoms with Crippen LogP contribution in [0.1, 0.15) is 31.1 Å². The van der Waals surface area contributed by atoms with Crippen LogP contribution >= 0.6 is 12.4 Å². The van der Waals surface area contributed by atoms with Crippen LogP contribution in [0.15, 0.2) is 24.3 Å². The van der Waals surface area contributed by atoms with E-state index in [2.05, 4.69) is 16.0 Å². The van der Waals surface area contributed by atoms with E-state index in [1.54, 1.807) is 24.3 Å². The maximum atomic E-state index is 12.1. The van der Waals surface area contributed by atoms with Gasteiger partial charge in [0.2, 0.25) is 5.91 Å². The Morgan fingerprint density at radius 3 is 2.29 bits per heavy atom. The van der Waals surface area contributed by atoms with Crippen LogP contribution in [0.2, 0.25) is 0 Å². The predicted octanol–water partition coefficient (Wildman–Crippen LogP) is 2.04. The van der Waals surface area contributed by atoms with Crippen LogP contribution in [0.3, 0.4) is 0 Å². The molecule has 0 aliphatic heterocycles. The van der Waals surface area contributed by atoms with E-state index in [0.717, 1.165) is 0 Å². The molecule has 5 nitrogen and oxygen atoms in total. The quantitative estimate of drug-likeness (QED) is 0.729. The molecule has 0 heterocycles. The highest BCUT2D eigenvalue weighted by molar-refractivity contribution is 6.04. The maximum absolute atomic E-state index is 12.1. The average Bonchev–Trinajstić information content (AvgIpc) is 2.38. The third-order valence-electron chi connectivity index (χ3n) is 2.76. The SMILES string of the molecule is CNCCNC(=O)c1ccccc1NC(=O)C(C)(C)C.Cl. The number of carbonyl (C=O) groups excluding carboxylic acids is 2. The Kier molecular flexibility index (Phi) is 7.99. The fraction of sp³-hybridized carbons (Fsp3) is 0.467. The summed E-state index contributed by atoms with van der Waals surface area (Å²) in [4.78, 5) is 24.1. The molecule has 0 aliphatic carbocycles. The van der Waals surface area contributed by atoms with Crippen molar-refractivity contribution in [1.29, 1.82) is 0 Å². The molecule has 1 aromatic carbocycles. The monoisotopic (exact) mass is 313 g/mol. The number of hydrogen-bond acceptors (Lipinski definition) is 3. The average molecular weight is 314 g/mol. The van der Waals surface area contributed by atoms with Crippen molar-refractivity contribution in [3.05, 3.63) is 29.8 Å². The summed E-state index contributed by atoms with van der Waals surface area (Å²) in [6, 6.07) is 7.01. The molecule has 0 unspecified atom stereocenters. The van der Waals surface area contributed by atoms with Gasteiger partial charge in [-0.05, 0) is 19.2 Å². The molecular formula is C15H24ClN3O2. The van der Waals surface area contributed by atoms with Gasteiger partial charge in [-0.1, -0.05) is 32.9 Å². The second-order valence-corrected chi connectivity index (χ2v) is 5.61. The van der Waals surface area contributed by atoms with Crippen molar-refractivity contribution in [2.75, 3.05) is 25.5 Å². The molecule has 0 fully saturated rings. The number of nitrogens with one attached hydrogen (secondary N) is 3. The maximum Gasteiger partial charge on any atom is 0.253 e. The second-order valence-electron chi connectivity index (χ2n) is 5.61. The third kappa shape index (κ3) is 6.14. The molecular weight excluding hydrogens is 290 g/mol. The molecule has 1 rings (SSSR count). The largest absolute Gasteiger partial charge is 0.351 e. The molecule has 0 atom stereocenters. The first-order valence-corrected chi connectivity index (χ1v) is 6.69. The standard InChI is InChI=1S/C15H23N3O2.ClH/c1-15(2,3)14(20)18-12-8-6-5-7-11(12)13(19)17-10-9-16-4;/h5-8,16H,9-10H2,1-4H3,(H,17,19)(H,18,20);1H. The van der Waals surface area contributed by atoms with E-state index < -0.39 is 5.41 Å². The summed E-state index contributed by atoms with van der Waals surface area (Å²) < 4.78 is 0. The number of benzene rings is 1. The molecule has 0 aliphatic rings. The number of hydrogen-bond donors (Lipinski definition) is 3. The van der Waals surface area contributed by atoms with Crippen molar-refractivity contribution in [2.45, 2.75) is 20.8 Å². The van der Waals surface area contributed by atoms with Gasteiger partial charge < -0.3 is 16.0 Å². The Balaban J connectivity index is 0.00000400. The van der Waals surface area contributed by atoms with E-state index in [1.165, 1.54) is 0 Å².